The predicted molar refractivity (Wildman–Crippen MR) is 113 cm³/mol. The topological polar surface area (TPSA) is 108 Å². The molecule has 4 heterocycles. The van der Waals surface area contributed by atoms with E-state index in [4.69, 9.17) is 0 Å². The van der Waals surface area contributed by atoms with Crippen molar-refractivity contribution < 1.29 is 8.42 Å². The summed E-state index contributed by atoms with van der Waals surface area (Å²) in [5.41, 5.74) is 2.08. The lowest BCUT2D eigenvalue weighted by molar-refractivity contribution is 0.0715. The molecular weight excluding hydrogens is 412 g/mol. The average Bonchev–Trinajstić information content (AvgIpc) is 3.25. The van der Waals surface area contributed by atoms with E-state index in [1.54, 1.807) is 17.1 Å². The van der Waals surface area contributed by atoms with E-state index >= 15 is 0 Å². The van der Waals surface area contributed by atoms with Crippen LogP contribution in [0.3, 0.4) is 0 Å². The standard InChI is InChI=1S/C19H22N6O2S.ClH/c1-14(2)11-28(26,27)24-12-19(13-24,5-6-20)25-10-15(9-23-25)16-3-7-21-18-17(16)4-8-22-18;/h3-4,7-10,14H,5,11-13H2,1-2H3,(H,21,22);1H. The molecule has 1 aliphatic rings. The zero-order valence-corrected chi connectivity index (χ0v) is 17.9. The van der Waals surface area contributed by atoms with E-state index < -0.39 is 15.6 Å². The number of hydrogen-bond acceptors (Lipinski definition) is 5. The van der Waals surface area contributed by atoms with Crippen LogP contribution in [0.4, 0.5) is 0 Å². The molecule has 0 aromatic carbocycles. The molecule has 4 rings (SSSR count). The lowest BCUT2D eigenvalue weighted by Crippen LogP contribution is -2.64. The minimum Gasteiger partial charge on any atom is -0.346 e. The lowest BCUT2D eigenvalue weighted by atomic mass is 9.89. The van der Waals surface area contributed by atoms with Crippen LogP contribution in [0.2, 0.25) is 0 Å². The highest BCUT2D eigenvalue weighted by Gasteiger charge is 2.50. The van der Waals surface area contributed by atoms with Gasteiger partial charge in [0.05, 0.1) is 24.4 Å². The van der Waals surface area contributed by atoms with Crippen LogP contribution in [0, 0.1) is 17.2 Å². The Morgan fingerprint density at radius 3 is 2.79 bits per heavy atom. The molecule has 0 bridgehead atoms. The number of pyridine rings is 1. The number of H-pyrrole nitrogens is 1. The normalized spacial score (nSPS) is 16.3. The van der Waals surface area contributed by atoms with E-state index in [9.17, 15) is 13.7 Å². The number of hydrogen-bond donors (Lipinski definition) is 1. The summed E-state index contributed by atoms with van der Waals surface area (Å²) >= 11 is 0. The van der Waals surface area contributed by atoms with Crippen LogP contribution in [0.25, 0.3) is 22.2 Å². The summed E-state index contributed by atoms with van der Waals surface area (Å²) in [4.78, 5) is 7.39. The first-order valence-corrected chi connectivity index (χ1v) is 10.8. The van der Waals surface area contributed by atoms with E-state index in [-0.39, 0.29) is 43.6 Å². The quantitative estimate of drug-likeness (QED) is 0.641. The monoisotopic (exact) mass is 434 g/mol. The van der Waals surface area contributed by atoms with Crippen LogP contribution in [0.15, 0.2) is 36.9 Å². The maximum Gasteiger partial charge on any atom is 0.214 e. The summed E-state index contributed by atoms with van der Waals surface area (Å²) < 4.78 is 28.2. The zero-order valence-electron chi connectivity index (χ0n) is 16.2. The van der Waals surface area contributed by atoms with Crippen LogP contribution < -0.4 is 0 Å². The van der Waals surface area contributed by atoms with E-state index in [1.807, 2.05) is 38.4 Å². The van der Waals surface area contributed by atoms with Crippen molar-refractivity contribution in [2.24, 2.45) is 5.92 Å². The molecule has 1 saturated heterocycles. The second-order valence-electron chi connectivity index (χ2n) is 7.77. The minimum atomic E-state index is -3.32. The van der Waals surface area contributed by atoms with E-state index in [0.717, 1.165) is 22.2 Å². The van der Waals surface area contributed by atoms with Gasteiger partial charge in [-0.15, -0.1) is 12.4 Å². The summed E-state index contributed by atoms with van der Waals surface area (Å²) in [6.07, 6.45) is 7.43. The number of nitrogens with one attached hydrogen (secondary N) is 1. The first kappa shape index (κ1) is 21.3. The van der Waals surface area contributed by atoms with Gasteiger partial charge in [-0.05, 0) is 23.6 Å². The summed E-state index contributed by atoms with van der Waals surface area (Å²) in [5, 5.41) is 14.8. The van der Waals surface area contributed by atoms with E-state index in [2.05, 4.69) is 21.1 Å². The molecule has 29 heavy (non-hydrogen) atoms. The molecule has 1 aliphatic heterocycles. The van der Waals surface area contributed by atoms with Gasteiger partial charge in [0.25, 0.3) is 0 Å². The Kier molecular flexibility index (Phi) is 5.72. The number of nitrogens with zero attached hydrogens (tertiary/aromatic N) is 5. The molecule has 10 heteroatoms. The van der Waals surface area contributed by atoms with Gasteiger partial charge in [-0.3, -0.25) is 4.68 Å². The van der Waals surface area contributed by atoms with Crippen molar-refractivity contribution >= 4 is 33.5 Å². The van der Waals surface area contributed by atoms with Gasteiger partial charge in [0.1, 0.15) is 11.2 Å². The van der Waals surface area contributed by atoms with Crippen LogP contribution in [-0.4, -0.2) is 51.3 Å². The number of rotatable bonds is 6. The van der Waals surface area contributed by atoms with Crippen molar-refractivity contribution in [2.75, 3.05) is 18.8 Å². The van der Waals surface area contributed by atoms with Crippen LogP contribution in [0.1, 0.15) is 20.3 Å². The fourth-order valence-corrected chi connectivity index (χ4v) is 5.68. The second-order valence-corrected chi connectivity index (χ2v) is 9.79. The smallest absolute Gasteiger partial charge is 0.214 e. The minimum absolute atomic E-state index is 0. The Bertz CT molecular complexity index is 1150. The molecule has 1 N–H and O–H groups in total. The zero-order chi connectivity index (χ0) is 19.9. The van der Waals surface area contributed by atoms with Crippen LogP contribution in [0.5, 0.6) is 0 Å². The van der Waals surface area contributed by atoms with Crippen molar-refractivity contribution in [3.63, 3.8) is 0 Å². The number of aromatic amines is 1. The first-order chi connectivity index (χ1) is 13.3. The molecule has 3 aromatic rings. The SMILES string of the molecule is CC(C)CS(=O)(=O)N1CC(CC#N)(n2cc(-c3ccnc4[nH]ccc34)cn2)C1.Cl. The highest BCUT2D eigenvalue weighted by Crippen LogP contribution is 2.36. The number of nitriles is 1. The fraction of sp³-hybridized carbons (Fsp3) is 0.421. The third-order valence-electron chi connectivity index (χ3n) is 5.13. The van der Waals surface area contributed by atoms with Gasteiger partial charge in [-0.25, -0.2) is 13.4 Å². The Balaban J connectivity index is 0.00000240. The highest BCUT2D eigenvalue weighted by molar-refractivity contribution is 7.89. The molecule has 154 valence electrons. The molecule has 0 spiro atoms. The van der Waals surface area contributed by atoms with E-state index in [1.165, 1.54) is 4.31 Å². The van der Waals surface area contributed by atoms with Crippen molar-refractivity contribution in [2.45, 2.75) is 25.8 Å². The summed E-state index contributed by atoms with van der Waals surface area (Å²) in [6.45, 7) is 4.31. The molecule has 0 amide bonds. The first-order valence-electron chi connectivity index (χ1n) is 9.17. The maximum atomic E-state index is 12.5. The third-order valence-corrected chi connectivity index (χ3v) is 7.26. The fourth-order valence-electron chi connectivity index (χ4n) is 3.75. The molecule has 0 radical (unpaired) electrons. The molecule has 1 fully saturated rings. The van der Waals surface area contributed by atoms with Gasteiger partial charge < -0.3 is 4.98 Å². The van der Waals surface area contributed by atoms with Crippen molar-refractivity contribution in [1.82, 2.24) is 24.1 Å². The molecule has 8 nitrogen and oxygen atoms in total. The van der Waals surface area contributed by atoms with Crippen molar-refractivity contribution in [1.29, 1.82) is 5.26 Å². The molecule has 0 atom stereocenters. The third kappa shape index (κ3) is 3.75. The summed E-state index contributed by atoms with van der Waals surface area (Å²) in [6, 6.07) is 6.09. The highest BCUT2D eigenvalue weighted by atomic mass is 35.5. The second kappa shape index (κ2) is 7.78. The van der Waals surface area contributed by atoms with Crippen LogP contribution >= 0.6 is 12.4 Å². The number of aromatic nitrogens is 4. The largest absolute Gasteiger partial charge is 0.346 e. The van der Waals surface area contributed by atoms with Crippen LogP contribution in [-0.2, 0) is 15.6 Å². The van der Waals surface area contributed by atoms with Gasteiger partial charge in [-0.2, -0.15) is 14.7 Å². The maximum absolute atomic E-state index is 12.5. The average molecular weight is 435 g/mol. The van der Waals surface area contributed by atoms with Gasteiger partial charge in [-0.1, -0.05) is 13.8 Å². The Morgan fingerprint density at radius 1 is 1.34 bits per heavy atom. The molecule has 0 saturated carbocycles. The Hall–Kier alpha value is -2.41. The molecule has 0 unspecified atom stereocenters. The number of halogens is 1. The predicted octanol–water partition coefficient (Wildman–Crippen LogP) is 2.76. The Morgan fingerprint density at radius 2 is 2.10 bits per heavy atom. The van der Waals surface area contributed by atoms with Crippen molar-refractivity contribution in [3.05, 3.63) is 36.9 Å². The van der Waals surface area contributed by atoms with Gasteiger partial charge in [0.15, 0.2) is 0 Å². The van der Waals surface area contributed by atoms with E-state index in [0.29, 0.717) is 0 Å². The molecule has 0 aliphatic carbocycles. The number of fused-ring (bicyclic) bond motifs is 1. The van der Waals surface area contributed by atoms with Gasteiger partial charge in [0.2, 0.25) is 10.0 Å². The molecular formula is C19H23ClN6O2S. The summed E-state index contributed by atoms with van der Waals surface area (Å²) in [7, 11) is -3.32. The van der Waals surface area contributed by atoms with Gasteiger partial charge in [0, 0.05) is 42.6 Å². The summed E-state index contributed by atoms with van der Waals surface area (Å²) in [5.74, 6) is 0.172. The Labute approximate surface area is 176 Å². The van der Waals surface area contributed by atoms with Gasteiger partial charge >= 0.3 is 0 Å². The lowest BCUT2D eigenvalue weighted by Gasteiger charge is -2.48. The number of sulfonamides is 1. The molecule has 3 aromatic heterocycles. The van der Waals surface area contributed by atoms with Crippen molar-refractivity contribution in [3.8, 4) is 17.2 Å².